The maximum atomic E-state index is 14.4. The molecule has 0 aliphatic carbocycles. The molecule has 4 heterocycles. The van der Waals surface area contributed by atoms with Crippen molar-refractivity contribution in [2.45, 2.75) is 25.0 Å². The van der Waals surface area contributed by atoms with Gasteiger partial charge in [0.05, 0.1) is 30.4 Å². The van der Waals surface area contributed by atoms with Gasteiger partial charge in [0.2, 0.25) is 5.88 Å². The van der Waals surface area contributed by atoms with E-state index in [1.807, 2.05) is 0 Å². The Labute approximate surface area is 150 Å². The van der Waals surface area contributed by atoms with Gasteiger partial charge in [0, 0.05) is 38.3 Å². The SMILES string of the molecule is COc1ccc2ncc(F)c(CCN3CCC4[C@H](C3)OC(=O)N4C)c2n1. The van der Waals surface area contributed by atoms with Gasteiger partial charge in [-0.1, -0.05) is 0 Å². The van der Waals surface area contributed by atoms with Gasteiger partial charge >= 0.3 is 6.09 Å². The second-order valence-electron chi connectivity index (χ2n) is 6.75. The molecule has 2 fully saturated rings. The van der Waals surface area contributed by atoms with Crippen molar-refractivity contribution >= 4 is 17.1 Å². The number of methoxy groups -OCH3 is 1. The van der Waals surface area contributed by atoms with Crippen LogP contribution in [0.3, 0.4) is 0 Å². The third-order valence-corrected chi connectivity index (χ3v) is 5.27. The highest BCUT2D eigenvalue weighted by Crippen LogP contribution is 2.26. The number of halogens is 1. The van der Waals surface area contributed by atoms with E-state index in [2.05, 4.69) is 14.9 Å². The van der Waals surface area contributed by atoms with Gasteiger partial charge in [0.1, 0.15) is 11.9 Å². The molecular formula is C18H21FN4O3. The van der Waals surface area contributed by atoms with E-state index in [4.69, 9.17) is 9.47 Å². The molecule has 26 heavy (non-hydrogen) atoms. The summed E-state index contributed by atoms with van der Waals surface area (Å²) >= 11 is 0. The van der Waals surface area contributed by atoms with Crippen LogP contribution in [-0.4, -0.2) is 71.8 Å². The fourth-order valence-corrected chi connectivity index (χ4v) is 3.78. The third kappa shape index (κ3) is 2.94. The second kappa shape index (κ2) is 6.68. The van der Waals surface area contributed by atoms with Crippen LogP contribution in [-0.2, 0) is 11.2 Å². The Hall–Kier alpha value is -2.48. The summed E-state index contributed by atoms with van der Waals surface area (Å²) in [5.74, 6) is 0.0769. The van der Waals surface area contributed by atoms with Crippen molar-refractivity contribution in [3.05, 3.63) is 29.7 Å². The molecule has 0 N–H and O–H groups in total. The van der Waals surface area contributed by atoms with E-state index in [-0.39, 0.29) is 24.1 Å². The number of piperidine rings is 1. The molecule has 1 amide bonds. The lowest BCUT2D eigenvalue weighted by Gasteiger charge is -2.34. The number of amides is 1. The van der Waals surface area contributed by atoms with Gasteiger partial charge in [0.15, 0.2) is 0 Å². The summed E-state index contributed by atoms with van der Waals surface area (Å²) in [6, 6.07) is 3.64. The molecule has 2 atom stereocenters. The highest BCUT2D eigenvalue weighted by Gasteiger charge is 2.42. The van der Waals surface area contributed by atoms with Gasteiger partial charge in [-0.05, 0) is 18.9 Å². The van der Waals surface area contributed by atoms with Crippen LogP contribution >= 0.6 is 0 Å². The molecule has 2 aliphatic heterocycles. The smallest absolute Gasteiger partial charge is 0.410 e. The lowest BCUT2D eigenvalue weighted by atomic mass is 10.0. The Kier molecular flexibility index (Phi) is 4.36. The first-order valence-corrected chi connectivity index (χ1v) is 8.70. The molecule has 0 aromatic carbocycles. The highest BCUT2D eigenvalue weighted by molar-refractivity contribution is 5.78. The van der Waals surface area contributed by atoms with Crippen LogP contribution in [0, 0.1) is 5.82 Å². The number of hydrogen-bond donors (Lipinski definition) is 0. The van der Waals surface area contributed by atoms with Gasteiger partial charge in [-0.15, -0.1) is 0 Å². The quantitative estimate of drug-likeness (QED) is 0.829. The van der Waals surface area contributed by atoms with Crippen molar-refractivity contribution in [2.24, 2.45) is 0 Å². The molecule has 2 saturated heterocycles. The number of rotatable bonds is 4. The van der Waals surface area contributed by atoms with Gasteiger partial charge in [0.25, 0.3) is 0 Å². The Morgan fingerprint density at radius 2 is 2.27 bits per heavy atom. The normalized spacial score (nSPS) is 23.2. The predicted octanol–water partition coefficient (Wildman–Crippen LogP) is 1.84. The maximum Gasteiger partial charge on any atom is 0.410 e. The number of likely N-dealkylation sites (N-methyl/N-ethyl adjacent to an activating group) is 1. The minimum absolute atomic E-state index is 0.112. The summed E-state index contributed by atoms with van der Waals surface area (Å²) in [4.78, 5) is 24.0. The number of fused-ring (bicyclic) bond motifs is 2. The summed E-state index contributed by atoms with van der Waals surface area (Å²) in [5, 5.41) is 0. The fraction of sp³-hybridized carbons (Fsp3) is 0.500. The van der Waals surface area contributed by atoms with Crippen molar-refractivity contribution in [3.63, 3.8) is 0 Å². The first kappa shape index (κ1) is 17.0. The van der Waals surface area contributed by atoms with E-state index >= 15 is 0 Å². The lowest BCUT2D eigenvalue weighted by molar-refractivity contribution is 0.0676. The number of nitrogens with zero attached hydrogens (tertiary/aromatic N) is 4. The van der Waals surface area contributed by atoms with E-state index < -0.39 is 0 Å². The molecule has 0 spiro atoms. The summed E-state index contributed by atoms with van der Waals surface area (Å²) in [6.07, 6.45) is 2.24. The standard InChI is InChI=1S/C18H21FN4O3/c1-22-14-6-8-23(10-15(14)26-18(22)24)7-5-11-12(19)9-20-13-3-4-16(25-2)21-17(11)13/h3-4,9,14-15H,5-8,10H2,1-2H3/t14?,15-/m0/s1. The van der Waals surface area contributed by atoms with E-state index in [9.17, 15) is 9.18 Å². The molecule has 2 aliphatic rings. The largest absolute Gasteiger partial charge is 0.481 e. The van der Waals surface area contributed by atoms with E-state index in [0.717, 1.165) is 13.0 Å². The van der Waals surface area contributed by atoms with E-state index in [0.29, 0.717) is 42.0 Å². The molecule has 8 heteroatoms. The van der Waals surface area contributed by atoms with Crippen LogP contribution < -0.4 is 4.74 Å². The fourth-order valence-electron chi connectivity index (χ4n) is 3.78. The minimum atomic E-state index is -0.361. The number of ether oxygens (including phenoxy) is 2. The van der Waals surface area contributed by atoms with Crippen molar-refractivity contribution in [1.82, 2.24) is 19.8 Å². The molecule has 7 nitrogen and oxygen atoms in total. The molecule has 0 bridgehead atoms. The Morgan fingerprint density at radius 3 is 3.08 bits per heavy atom. The Balaban J connectivity index is 1.50. The summed E-state index contributed by atoms with van der Waals surface area (Å²) in [7, 11) is 3.31. The summed E-state index contributed by atoms with van der Waals surface area (Å²) < 4.78 is 25.0. The number of carbonyl (C=O) groups is 1. The third-order valence-electron chi connectivity index (χ3n) is 5.27. The lowest BCUT2D eigenvalue weighted by Crippen LogP contribution is -2.48. The molecule has 138 valence electrons. The Morgan fingerprint density at radius 1 is 1.42 bits per heavy atom. The van der Waals surface area contributed by atoms with Crippen molar-refractivity contribution in [2.75, 3.05) is 33.8 Å². The molecule has 2 aromatic heterocycles. The molecule has 0 radical (unpaired) electrons. The van der Waals surface area contributed by atoms with E-state index in [1.165, 1.54) is 13.3 Å². The van der Waals surface area contributed by atoms with Crippen molar-refractivity contribution < 1.29 is 18.7 Å². The van der Waals surface area contributed by atoms with Crippen molar-refractivity contribution in [1.29, 1.82) is 0 Å². The molecular weight excluding hydrogens is 339 g/mol. The molecule has 1 unspecified atom stereocenters. The minimum Gasteiger partial charge on any atom is -0.481 e. The number of pyridine rings is 2. The zero-order chi connectivity index (χ0) is 18.3. The number of aromatic nitrogens is 2. The molecule has 4 rings (SSSR count). The summed E-state index contributed by atoms with van der Waals surface area (Å²) in [6.45, 7) is 2.19. The number of hydrogen-bond acceptors (Lipinski definition) is 6. The molecule has 0 saturated carbocycles. The van der Waals surface area contributed by atoms with Crippen molar-refractivity contribution in [3.8, 4) is 5.88 Å². The van der Waals surface area contributed by atoms with E-state index in [1.54, 1.807) is 24.1 Å². The average Bonchev–Trinajstić information content (AvgIpc) is 2.94. The first-order valence-electron chi connectivity index (χ1n) is 8.70. The second-order valence-corrected chi connectivity index (χ2v) is 6.75. The zero-order valence-corrected chi connectivity index (χ0v) is 14.8. The topological polar surface area (TPSA) is 67.8 Å². The van der Waals surface area contributed by atoms with Crippen LogP contribution in [0.4, 0.5) is 9.18 Å². The maximum absolute atomic E-state index is 14.4. The van der Waals surface area contributed by atoms with Crippen LogP contribution in [0.2, 0.25) is 0 Å². The number of carbonyl (C=O) groups excluding carboxylic acids is 1. The Bertz CT molecular complexity index is 847. The highest BCUT2D eigenvalue weighted by atomic mass is 19.1. The van der Waals surface area contributed by atoms with Crippen LogP contribution in [0.5, 0.6) is 5.88 Å². The number of likely N-dealkylation sites (tertiary alicyclic amines) is 1. The molecule has 2 aromatic rings. The van der Waals surface area contributed by atoms with Gasteiger partial charge in [-0.25, -0.2) is 14.2 Å². The monoisotopic (exact) mass is 360 g/mol. The van der Waals surface area contributed by atoms with Crippen LogP contribution in [0.25, 0.3) is 11.0 Å². The zero-order valence-electron chi connectivity index (χ0n) is 14.8. The van der Waals surface area contributed by atoms with Crippen LogP contribution in [0.15, 0.2) is 18.3 Å². The first-order chi connectivity index (χ1) is 12.6. The van der Waals surface area contributed by atoms with Crippen LogP contribution in [0.1, 0.15) is 12.0 Å². The van der Waals surface area contributed by atoms with Gasteiger partial charge in [-0.2, -0.15) is 0 Å². The van der Waals surface area contributed by atoms with Gasteiger partial charge in [-0.3, -0.25) is 9.88 Å². The predicted molar refractivity (Wildman–Crippen MR) is 92.6 cm³/mol. The average molecular weight is 360 g/mol. The van der Waals surface area contributed by atoms with Gasteiger partial charge < -0.3 is 14.4 Å². The summed E-state index contributed by atoms with van der Waals surface area (Å²) in [5.41, 5.74) is 1.72.